The predicted octanol–water partition coefficient (Wildman–Crippen LogP) is 5.86. The zero-order chi connectivity index (χ0) is 22.1. The van der Waals surface area contributed by atoms with Crippen molar-refractivity contribution in [3.63, 3.8) is 0 Å². The minimum Gasteiger partial charge on any atom is -0.318 e. The van der Waals surface area contributed by atoms with Crippen LogP contribution in [0.15, 0.2) is 47.6 Å². The summed E-state index contributed by atoms with van der Waals surface area (Å²) in [6, 6.07) is 10.6. The number of alkyl halides is 3. The van der Waals surface area contributed by atoms with Crippen LogP contribution in [0.25, 0.3) is 10.1 Å². The highest BCUT2D eigenvalue weighted by Gasteiger charge is 2.38. The van der Waals surface area contributed by atoms with E-state index in [1.807, 2.05) is 0 Å². The maximum Gasteiger partial charge on any atom is 0.471 e. The molecule has 0 saturated heterocycles. The number of nitrogens with one attached hydrogen (secondary N) is 2. The number of benzene rings is 2. The standard InChI is InChI=1S/C19H12Cl2F3N3O2S/c1-9(10-2-5-12(6-3-10)25-18(29)19(22,23)24)26-27-17(28)16-15(21)13-7-4-11(20)8-14(13)30-16/h2-8H,1H3,(H,25,29)(H,27,28). The van der Waals surface area contributed by atoms with Crippen molar-refractivity contribution in [1.82, 2.24) is 5.43 Å². The van der Waals surface area contributed by atoms with E-state index in [0.29, 0.717) is 26.7 Å². The highest BCUT2D eigenvalue weighted by Crippen LogP contribution is 2.36. The predicted molar refractivity (Wildman–Crippen MR) is 113 cm³/mol. The summed E-state index contributed by atoms with van der Waals surface area (Å²) < 4.78 is 37.6. The monoisotopic (exact) mass is 473 g/mol. The van der Waals surface area contributed by atoms with Gasteiger partial charge in [0.05, 0.1) is 10.7 Å². The van der Waals surface area contributed by atoms with E-state index in [0.717, 1.165) is 4.70 Å². The summed E-state index contributed by atoms with van der Waals surface area (Å²) in [5.41, 5.74) is 3.32. The summed E-state index contributed by atoms with van der Waals surface area (Å²) in [7, 11) is 0. The van der Waals surface area contributed by atoms with Crippen molar-refractivity contribution >= 4 is 67.8 Å². The summed E-state index contributed by atoms with van der Waals surface area (Å²) >= 11 is 13.4. The van der Waals surface area contributed by atoms with E-state index in [2.05, 4.69) is 10.5 Å². The molecule has 2 aromatic carbocycles. The van der Waals surface area contributed by atoms with Crippen LogP contribution in [-0.4, -0.2) is 23.7 Å². The van der Waals surface area contributed by atoms with Crippen LogP contribution in [0.1, 0.15) is 22.2 Å². The van der Waals surface area contributed by atoms with Crippen LogP contribution in [-0.2, 0) is 4.79 Å². The van der Waals surface area contributed by atoms with E-state index in [1.165, 1.54) is 35.6 Å². The number of amides is 2. The van der Waals surface area contributed by atoms with Gasteiger partial charge in [-0.05, 0) is 36.8 Å². The third-order valence-corrected chi connectivity index (χ3v) is 5.83. The molecule has 1 aromatic heterocycles. The number of carbonyl (C=O) groups is 2. The first-order valence-corrected chi connectivity index (χ1v) is 9.84. The topological polar surface area (TPSA) is 70.6 Å². The summed E-state index contributed by atoms with van der Waals surface area (Å²) in [5.74, 6) is -2.57. The average Bonchev–Trinajstić information content (AvgIpc) is 3.01. The van der Waals surface area contributed by atoms with E-state index < -0.39 is 18.0 Å². The Morgan fingerprint density at radius 2 is 1.73 bits per heavy atom. The van der Waals surface area contributed by atoms with E-state index >= 15 is 0 Å². The molecular formula is C19H12Cl2F3N3O2S. The zero-order valence-electron chi connectivity index (χ0n) is 15.1. The van der Waals surface area contributed by atoms with Gasteiger partial charge in [-0.3, -0.25) is 9.59 Å². The highest BCUT2D eigenvalue weighted by atomic mass is 35.5. The normalized spacial score (nSPS) is 12.1. The van der Waals surface area contributed by atoms with Crippen LogP contribution >= 0.6 is 34.5 Å². The second kappa shape index (κ2) is 8.63. The van der Waals surface area contributed by atoms with Crippen LogP contribution in [0.4, 0.5) is 18.9 Å². The van der Waals surface area contributed by atoms with Crippen molar-refractivity contribution in [3.8, 4) is 0 Å². The number of nitrogens with zero attached hydrogens (tertiary/aromatic N) is 1. The molecule has 11 heteroatoms. The molecule has 0 spiro atoms. The molecule has 0 aliphatic rings. The fourth-order valence-electron chi connectivity index (χ4n) is 2.43. The number of thiophene rings is 1. The van der Waals surface area contributed by atoms with Crippen molar-refractivity contribution in [2.45, 2.75) is 13.1 Å². The quantitative estimate of drug-likeness (QED) is 0.367. The molecule has 0 fully saturated rings. The third kappa shape index (κ3) is 4.92. The van der Waals surface area contributed by atoms with Crippen molar-refractivity contribution in [1.29, 1.82) is 0 Å². The molecule has 2 amide bonds. The van der Waals surface area contributed by atoms with E-state index in [4.69, 9.17) is 23.2 Å². The average molecular weight is 474 g/mol. The van der Waals surface area contributed by atoms with Crippen LogP contribution in [0.5, 0.6) is 0 Å². The first-order chi connectivity index (χ1) is 14.1. The molecule has 3 aromatic rings. The number of fused-ring (bicyclic) bond motifs is 1. The second-order valence-corrected chi connectivity index (χ2v) is 7.92. The minimum atomic E-state index is -4.97. The molecule has 156 valence electrons. The minimum absolute atomic E-state index is 0.0198. The SMILES string of the molecule is CC(=NNC(=O)c1sc2cc(Cl)ccc2c1Cl)c1ccc(NC(=O)C(F)(F)F)cc1. The molecule has 0 atom stereocenters. The molecule has 5 nitrogen and oxygen atoms in total. The lowest BCUT2D eigenvalue weighted by Gasteiger charge is -2.08. The second-order valence-electron chi connectivity index (χ2n) is 6.05. The molecular weight excluding hydrogens is 462 g/mol. The van der Waals surface area contributed by atoms with Gasteiger partial charge in [-0.1, -0.05) is 41.4 Å². The molecule has 0 aliphatic heterocycles. The zero-order valence-corrected chi connectivity index (χ0v) is 17.4. The summed E-state index contributed by atoms with van der Waals surface area (Å²) in [5, 5.41) is 7.27. The van der Waals surface area contributed by atoms with Crippen LogP contribution in [0, 0.1) is 0 Å². The highest BCUT2D eigenvalue weighted by molar-refractivity contribution is 7.21. The van der Waals surface area contributed by atoms with Crippen molar-refractivity contribution in [2.24, 2.45) is 5.10 Å². The molecule has 0 unspecified atom stereocenters. The maximum absolute atomic E-state index is 12.4. The van der Waals surface area contributed by atoms with Gasteiger partial charge in [0, 0.05) is 20.8 Å². The maximum atomic E-state index is 12.4. The van der Waals surface area contributed by atoms with Gasteiger partial charge in [-0.25, -0.2) is 5.43 Å². The van der Waals surface area contributed by atoms with Gasteiger partial charge in [0.15, 0.2) is 0 Å². The Balaban J connectivity index is 1.71. The number of halogens is 5. The molecule has 0 aliphatic carbocycles. The Hall–Kier alpha value is -2.62. The van der Waals surface area contributed by atoms with E-state index in [9.17, 15) is 22.8 Å². The van der Waals surface area contributed by atoms with Gasteiger partial charge >= 0.3 is 12.1 Å². The van der Waals surface area contributed by atoms with E-state index in [-0.39, 0.29) is 10.6 Å². The lowest BCUT2D eigenvalue weighted by atomic mass is 10.1. The molecule has 0 radical (unpaired) electrons. The first-order valence-electron chi connectivity index (χ1n) is 8.27. The number of hydrogen-bond acceptors (Lipinski definition) is 4. The Labute approximate surface area is 182 Å². The summed E-state index contributed by atoms with van der Waals surface area (Å²) in [6.45, 7) is 1.61. The van der Waals surface area contributed by atoms with Crippen molar-refractivity contribution in [3.05, 3.63) is 63.0 Å². The summed E-state index contributed by atoms with van der Waals surface area (Å²) in [6.07, 6.45) is -4.97. The lowest BCUT2D eigenvalue weighted by molar-refractivity contribution is -0.167. The molecule has 3 rings (SSSR count). The van der Waals surface area contributed by atoms with Crippen LogP contribution in [0.3, 0.4) is 0 Å². The molecule has 1 heterocycles. The molecule has 2 N–H and O–H groups in total. The molecule has 0 bridgehead atoms. The lowest BCUT2D eigenvalue weighted by Crippen LogP contribution is -2.29. The van der Waals surface area contributed by atoms with Gasteiger partial charge in [0.2, 0.25) is 0 Å². The van der Waals surface area contributed by atoms with Gasteiger partial charge < -0.3 is 5.32 Å². The van der Waals surface area contributed by atoms with Crippen molar-refractivity contribution < 1.29 is 22.8 Å². The largest absolute Gasteiger partial charge is 0.471 e. The van der Waals surface area contributed by atoms with E-state index in [1.54, 1.807) is 30.4 Å². The van der Waals surface area contributed by atoms with Crippen LogP contribution < -0.4 is 10.7 Å². The summed E-state index contributed by atoms with van der Waals surface area (Å²) in [4.78, 5) is 23.7. The number of hydrogen-bond donors (Lipinski definition) is 2. The number of hydrazone groups is 1. The first kappa shape index (κ1) is 22.1. The Kier molecular flexibility index (Phi) is 6.35. The Bertz CT molecular complexity index is 1160. The number of rotatable bonds is 4. The number of carbonyl (C=O) groups excluding carboxylic acids is 2. The third-order valence-electron chi connectivity index (χ3n) is 3.94. The van der Waals surface area contributed by atoms with Gasteiger partial charge in [-0.2, -0.15) is 18.3 Å². The smallest absolute Gasteiger partial charge is 0.318 e. The Morgan fingerprint density at radius 3 is 2.37 bits per heavy atom. The fraction of sp³-hybridized carbons (Fsp3) is 0.105. The molecule has 0 saturated carbocycles. The molecule has 30 heavy (non-hydrogen) atoms. The number of anilines is 1. The van der Waals surface area contributed by atoms with Gasteiger partial charge in [-0.15, -0.1) is 11.3 Å². The van der Waals surface area contributed by atoms with Crippen LogP contribution in [0.2, 0.25) is 10.0 Å². The fourth-order valence-corrected chi connectivity index (χ4v) is 4.11. The van der Waals surface area contributed by atoms with Crippen molar-refractivity contribution in [2.75, 3.05) is 5.32 Å². The van der Waals surface area contributed by atoms with Gasteiger partial charge in [0.25, 0.3) is 5.91 Å². The Morgan fingerprint density at radius 1 is 1.07 bits per heavy atom. The van der Waals surface area contributed by atoms with Gasteiger partial charge in [0.1, 0.15) is 4.88 Å².